The Labute approximate surface area is 104 Å². The van der Waals surface area contributed by atoms with Crippen molar-refractivity contribution in [3.05, 3.63) is 40.0 Å². The molecule has 0 bridgehead atoms. The lowest BCUT2D eigenvalue weighted by atomic mass is 10.1. The summed E-state index contributed by atoms with van der Waals surface area (Å²) in [5, 5.41) is 11.7. The Morgan fingerprint density at radius 1 is 1.41 bits per heavy atom. The van der Waals surface area contributed by atoms with Gasteiger partial charge in [-0.05, 0) is 37.1 Å². The first kappa shape index (κ1) is 12.2. The second-order valence-corrected chi connectivity index (χ2v) is 4.86. The summed E-state index contributed by atoms with van der Waals surface area (Å²) in [5.74, 6) is -0.190. The zero-order valence-electron chi connectivity index (χ0n) is 9.61. The molecule has 4 heteroatoms. The summed E-state index contributed by atoms with van der Waals surface area (Å²) < 4.78 is 13.1. The molecular formula is C13H14FNOS. The molecule has 90 valence electrons. The molecule has 1 aromatic carbocycles. The molecule has 0 fully saturated rings. The molecule has 2 rings (SSSR count). The lowest BCUT2D eigenvalue weighted by molar-refractivity contribution is 0.288. The number of aromatic nitrogens is 1. The molecule has 0 radical (unpaired) electrons. The van der Waals surface area contributed by atoms with E-state index in [4.69, 9.17) is 5.11 Å². The van der Waals surface area contributed by atoms with Crippen LogP contribution in [0.1, 0.15) is 17.0 Å². The van der Waals surface area contributed by atoms with Crippen molar-refractivity contribution in [3.63, 3.8) is 0 Å². The van der Waals surface area contributed by atoms with Crippen molar-refractivity contribution in [2.75, 3.05) is 6.61 Å². The predicted molar refractivity (Wildman–Crippen MR) is 67.7 cm³/mol. The van der Waals surface area contributed by atoms with Crippen LogP contribution in [-0.4, -0.2) is 16.7 Å². The minimum atomic E-state index is -0.190. The molecule has 1 heterocycles. The quantitative estimate of drug-likeness (QED) is 0.905. The van der Waals surface area contributed by atoms with Crippen LogP contribution in [0.4, 0.5) is 4.39 Å². The van der Waals surface area contributed by atoms with Gasteiger partial charge in [0, 0.05) is 24.0 Å². The normalized spacial score (nSPS) is 10.8. The molecule has 0 amide bonds. The van der Waals surface area contributed by atoms with Gasteiger partial charge in [0.05, 0.1) is 10.7 Å². The van der Waals surface area contributed by atoms with E-state index in [-0.39, 0.29) is 12.4 Å². The van der Waals surface area contributed by atoms with Gasteiger partial charge in [-0.1, -0.05) is 0 Å². The fourth-order valence-corrected chi connectivity index (χ4v) is 2.44. The number of hydrogen-bond acceptors (Lipinski definition) is 3. The van der Waals surface area contributed by atoms with E-state index in [2.05, 4.69) is 4.98 Å². The van der Waals surface area contributed by atoms with E-state index < -0.39 is 0 Å². The molecule has 0 aliphatic rings. The highest BCUT2D eigenvalue weighted by molar-refractivity contribution is 7.09. The number of halogens is 1. The first-order valence-corrected chi connectivity index (χ1v) is 6.40. The second-order valence-electron chi connectivity index (χ2n) is 3.92. The van der Waals surface area contributed by atoms with Crippen LogP contribution in [0.3, 0.4) is 0 Å². The second kappa shape index (κ2) is 5.38. The summed E-state index contributed by atoms with van der Waals surface area (Å²) >= 11 is 1.58. The molecule has 0 aliphatic heterocycles. The molecule has 17 heavy (non-hydrogen) atoms. The van der Waals surface area contributed by atoms with E-state index >= 15 is 0 Å². The first-order chi connectivity index (χ1) is 8.20. The average molecular weight is 251 g/mol. The van der Waals surface area contributed by atoms with Crippen molar-refractivity contribution in [3.8, 4) is 11.3 Å². The van der Waals surface area contributed by atoms with Crippen molar-refractivity contribution in [1.29, 1.82) is 0 Å². The lowest BCUT2D eigenvalue weighted by Gasteiger charge is -2.00. The summed E-state index contributed by atoms with van der Waals surface area (Å²) in [5.41, 5.74) is 2.45. The van der Waals surface area contributed by atoms with Crippen molar-refractivity contribution < 1.29 is 9.50 Å². The zero-order valence-corrected chi connectivity index (χ0v) is 10.4. The Kier molecular flexibility index (Phi) is 3.86. The molecular weight excluding hydrogens is 237 g/mol. The van der Waals surface area contributed by atoms with Crippen molar-refractivity contribution in [2.45, 2.75) is 19.8 Å². The van der Waals surface area contributed by atoms with Gasteiger partial charge < -0.3 is 5.11 Å². The number of rotatable bonds is 4. The van der Waals surface area contributed by atoms with Crippen LogP contribution >= 0.6 is 11.3 Å². The third-order valence-corrected chi connectivity index (χ3v) is 3.46. The van der Waals surface area contributed by atoms with Gasteiger partial charge in [-0.15, -0.1) is 11.3 Å². The van der Waals surface area contributed by atoms with Crippen LogP contribution in [0, 0.1) is 12.7 Å². The summed E-state index contributed by atoms with van der Waals surface area (Å²) in [6, 6.07) is 5.02. The first-order valence-electron chi connectivity index (χ1n) is 5.52. The minimum absolute atomic E-state index is 0.185. The SMILES string of the molecule is Cc1cc(-c2csc(CCCO)n2)ccc1F. The van der Waals surface area contributed by atoms with Crippen LogP contribution in [0.15, 0.2) is 23.6 Å². The molecule has 0 unspecified atom stereocenters. The van der Waals surface area contributed by atoms with E-state index in [1.165, 1.54) is 6.07 Å². The third kappa shape index (κ3) is 2.90. The summed E-state index contributed by atoms with van der Waals surface area (Å²) in [7, 11) is 0. The van der Waals surface area contributed by atoms with E-state index in [9.17, 15) is 4.39 Å². The Bertz CT molecular complexity index is 510. The van der Waals surface area contributed by atoms with Crippen LogP contribution in [0.2, 0.25) is 0 Å². The maximum Gasteiger partial charge on any atom is 0.126 e. The minimum Gasteiger partial charge on any atom is -0.396 e. The molecule has 0 atom stereocenters. The average Bonchev–Trinajstić information content (AvgIpc) is 2.79. The Morgan fingerprint density at radius 2 is 2.24 bits per heavy atom. The highest BCUT2D eigenvalue weighted by atomic mass is 32.1. The molecule has 0 saturated heterocycles. The number of aliphatic hydroxyl groups excluding tert-OH is 1. The van der Waals surface area contributed by atoms with Gasteiger partial charge in [0.15, 0.2) is 0 Å². The largest absolute Gasteiger partial charge is 0.396 e. The Morgan fingerprint density at radius 3 is 2.94 bits per heavy atom. The highest BCUT2D eigenvalue weighted by Crippen LogP contribution is 2.24. The van der Waals surface area contributed by atoms with Crippen LogP contribution in [0.5, 0.6) is 0 Å². The van der Waals surface area contributed by atoms with E-state index in [1.807, 2.05) is 5.38 Å². The fraction of sp³-hybridized carbons (Fsp3) is 0.308. The van der Waals surface area contributed by atoms with Crippen molar-refractivity contribution in [1.82, 2.24) is 4.98 Å². The number of thiazole rings is 1. The van der Waals surface area contributed by atoms with Gasteiger partial charge in [0.1, 0.15) is 5.82 Å². The maximum atomic E-state index is 13.1. The number of nitrogens with zero attached hydrogens (tertiary/aromatic N) is 1. The van der Waals surface area contributed by atoms with Gasteiger partial charge in [-0.3, -0.25) is 0 Å². The van der Waals surface area contributed by atoms with Crippen LogP contribution in [0.25, 0.3) is 11.3 Å². The lowest BCUT2D eigenvalue weighted by Crippen LogP contribution is -1.89. The van der Waals surface area contributed by atoms with E-state index in [1.54, 1.807) is 30.4 Å². The van der Waals surface area contributed by atoms with Crippen molar-refractivity contribution in [2.24, 2.45) is 0 Å². The maximum absolute atomic E-state index is 13.1. The van der Waals surface area contributed by atoms with Gasteiger partial charge in [-0.25, -0.2) is 9.37 Å². The smallest absolute Gasteiger partial charge is 0.126 e. The topological polar surface area (TPSA) is 33.1 Å². The van der Waals surface area contributed by atoms with E-state index in [0.717, 1.165) is 29.1 Å². The molecule has 0 spiro atoms. The van der Waals surface area contributed by atoms with Crippen LogP contribution in [-0.2, 0) is 6.42 Å². The molecule has 2 aromatic rings. The molecule has 1 aromatic heterocycles. The standard InChI is InChI=1S/C13H14FNOS/c1-9-7-10(4-5-11(9)14)12-8-17-13(15-12)3-2-6-16/h4-5,7-8,16H,2-3,6H2,1H3. The fourth-order valence-electron chi connectivity index (χ4n) is 1.59. The summed E-state index contributed by atoms with van der Waals surface area (Å²) in [4.78, 5) is 4.47. The van der Waals surface area contributed by atoms with E-state index in [0.29, 0.717) is 5.56 Å². The molecule has 0 saturated carbocycles. The predicted octanol–water partition coefficient (Wildman–Crippen LogP) is 3.18. The molecule has 0 aliphatic carbocycles. The number of hydrogen-bond donors (Lipinski definition) is 1. The summed E-state index contributed by atoms with van der Waals surface area (Å²) in [6.45, 7) is 1.93. The zero-order chi connectivity index (χ0) is 12.3. The van der Waals surface area contributed by atoms with Crippen molar-refractivity contribution >= 4 is 11.3 Å². The number of aryl methyl sites for hydroxylation is 2. The van der Waals surface area contributed by atoms with Gasteiger partial charge in [-0.2, -0.15) is 0 Å². The monoisotopic (exact) mass is 251 g/mol. The highest BCUT2D eigenvalue weighted by Gasteiger charge is 2.06. The number of aliphatic hydroxyl groups is 1. The van der Waals surface area contributed by atoms with Gasteiger partial charge in [0.25, 0.3) is 0 Å². The Balaban J connectivity index is 2.21. The van der Waals surface area contributed by atoms with Crippen LogP contribution < -0.4 is 0 Å². The third-order valence-electron chi connectivity index (χ3n) is 2.55. The Hall–Kier alpha value is -1.26. The summed E-state index contributed by atoms with van der Waals surface area (Å²) in [6.07, 6.45) is 1.52. The molecule has 2 nitrogen and oxygen atoms in total. The van der Waals surface area contributed by atoms with Gasteiger partial charge >= 0.3 is 0 Å². The number of benzene rings is 1. The molecule has 1 N–H and O–H groups in total. The van der Waals surface area contributed by atoms with Gasteiger partial charge in [0.2, 0.25) is 0 Å².